The summed E-state index contributed by atoms with van der Waals surface area (Å²) in [6.45, 7) is 8.59. The summed E-state index contributed by atoms with van der Waals surface area (Å²) < 4.78 is 7.45. The lowest BCUT2D eigenvalue weighted by Crippen LogP contribution is -2.48. The molecule has 3 rings (SSSR count). The highest BCUT2D eigenvalue weighted by Gasteiger charge is 2.29. The highest BCUT2D eigenvalue weighted by atomic mass is 35.5. The first-order valence-electron chi connectivity index (χ1n) is 12.7. The number of rotatable bonds is 5. The van der Waals surface area contributed by atoms with Gasteiger partial charge in [0.15, 0.2) is 6.61 Å². The topological polar surface area (TPSA) is 110 Å². The third-order valence-corrected chi connectivity index (χ3v) is 6.75. The molecule has 0 aliphatic carbocycles. The van der Waals surface area contributed by atoms with Crippen molar-refractivity contribution >= 4 is 29.3 Å². The van der Waals surface area contributed by atoms with E-state index in [1.807, 2.05) is 0 Å². The van der Waals surface area contributed by atoms with Crippen molar-refractivity contribution in [3.8, 4) is 5.75 Å². The Kier molecular flexibility index (Phi) is 9.91. The summed E-state index contributed by atoms with van der Waals surface area (Å²) in [5, 5.41) is 8.06. The third kappa shape index (κ3) is 7.67. The minimum atomic E-state index is -0.649. The number of likely N-dealkylation sites (N-methyl/N-ethyl adjacent to an activating group) is 1. The lowest BCUT2D eigenvalue weighted by atomic mass is 10.0. The molecule has 2 heterocycles. The molecule has 37 heavy (non-hydrogen) atoms. The van der Waals surface area contributed by atoms with Crippen molar-refractivity contribution in [1.29, 1.82) is 0 Å². The molecule has 202 valence electrons. The fourth-order valence-corrected chi connectivity index (χ4v) is 4.44. The summed E-state index contributed by atoms with van der Waals surface area (Å²) in [6, 6.07) is 5.96. The number of nitrogens with one attached hydrogen (secondary N) is 1. The van der Waals surface area contributed by atoms with E-state index in [1.54, 1.807) is 54.7 Å². The molecule has 1 aliphatic rings. The molecule has 0 bridgehead atoms. The predicted octanol–water partition coefficient (Wildman–Crippen LogP) is 2.99. The summed E-state index contributed by atoms with van der Waals surface area (Å²) in [7, 11) is 1.63. The second-order valence-electron chi connectivity index (χ2n) is 9.82. The minimum absolute atomic E-state index is 0.154. The van der Waals surface area contributed by atoms with Crippen molar-refractivity contribution in [2.24, 2.45) is 5.92 Å². The van der Waals surface area contributed by atoms with E-state index in [4.69, 9.17) is 16.3 Å². The van der Waals surface area contributed by atoms with Crippen LogP contribution in [0.4, 0.5) is 0 Å². The molecule has 0 radical (unpaired) electrons. The summed E-state index contributed by atoms with van der Waals surface area (Å²) >= 11 is 6.16. The van der Waals surface area contributed by atoms with Crippen LogP contribution in [-0.4, -0.2) is 75.1 Å². The Labute approximate surface area is 223 Å². The standard InChI is InChI=1S/C26H37ClN6O4/c1-17(2)15-21-25-28-19(4)30-33(25)14-13-32(24(35)16-37-22-10-7-6-9-20(22)27)12-8-11-23(34)31(5)18(3)26(36)29-21/h6-7,9-10,17-18,21H,8,11-16H2,1-5H3,(H,29,36)/t18-,21+/m0/s1. The Morgan fingerprint density at radius 3 is 2.65 bits per heavy atom. The number of para-hydroxylation sites is 1. The van der Waals surface area contributed by atoms with Gasteiger partial charge in [-0.15, -0.1) is 0 Å². The molecule has 0 saturated carbocycles. The highest BCUT2D eigenvalue weighted by Crippen LogP contribution is 2.24. The van der Waals surface area contributed by atoms with Crippen LogP contribution in [0.5, 0.6) is 5.75 Å². The van der Waals surface area contributed by atoms with Gasteiger partial charge < -0.3 is 19.9 Å². The van der Waals surface area contributed by atoms with E-state index in [0.717, 1.165) is 0 Å². The van der Waals surface area contributed by atoms with Crippen LogP contribution >= 0.6 is 11.6 Å². The van der Waals surface area contributed by atoms with Gasteiger partial charge in [-0.1, -0.05) is 37.6 Å². The van der Waals surface area contributed by atoms with Gasteiger partial charge >= 0.3 is 0 Å². The van der Waals surface area contributed by atoms with Gasteiger partial charge in [0, 0.05) is 26.6 Å². The smallest absolute Gasteiger partial charge is 0.260 e. The normalized spacial score (nSPS) is 19.9. The van der Waals surface area contributed by atoms with Gasteiger partial charge in [-0.25, -0.2) is 9.67 Å². The number of aryl methyl sites for hydroxylation is 1. The van der Waals surface area contributed by atoms with Gasteiger partial charge in [-0.05, 0) is 44.7 Å². The third-order valence-electron chi connectivity index (χ3n) is 6.44. The van der Waals surface area contributed by atoms with Crippen molar-refractivity contribution < 1.29 is 19.1 Å². The fraction of sp³-hybridized carbons (Fsp3) is 0.577. The summed E-state index contributed by atoms with van der Waals surface area (Å²) in [5.74, 6) is 1.33. The van der Waals surface area contributed by atoms with Gasteiger partial charge in [-0.3, -0.25) is 14.4 Å². The molecule has 3 amide bonds. The molecule has 2 atom stereocenters. The van der Waals surface area contributed by atoms with Crippen molar-refractivity contribution in [1.82, 2.24) is 29.9 Å². The lowest BCUT2D eigenvalue weighted by Gasteiger charge is -2.29. The minimum Gasteiger partial charge on any atom is -0.482 e. The lowest BCUT2D eigenvalue weighted by molar-refractivity contribution is -0.139. The first-order valence-corrected chi connectivity index (χ1v) is 13.1. The van der Waals surface area contributed by atoms with Crippen LogP contribution in [-0.2, 0) is 20.9 Å². The number of ether oxygens (including phenoxy) is 1. The van der Waals surface area contributed by atoms with Crippen LogP contribution in [0.1, 0.15) is 57.7 Å². The van der Waals surface area contributed by atoms with Crippen molar-refractivity contribution in [3.05, 3.63) is 40.9 Å². The van der Waals surface area contributed by atoms with Crippen LogP contribution in [0.3, 0.4) is 0 Å². The Morgan fingerprint density at radius 1 is 1.22 bits per heavy atom. The molecule has 0 fully saturated rings. The number of carbonyl (C=O) groups excluding carboxylic acids is 3. The van der Waals surface area contributed by atoms with E-state index < -0.39 is 6.04 Å². The van der Waals surface area contributed by atoms with Crippen LogP contribution in [0.25, 0.3) is 0 Å². The van der Waals surface area contributed by atoms with Gasteiger partial charge in [0.05, 0.1) is 17.6 Å². The second-order valence-corrected chi connectivity index (χ2v) is 10.2. The quantitative estimate of drug-likeness (QED) is 0.634. The number of benzene rings is 1. The van der Waals surface area contributed by atoms with Gasteiger partial charge in [0.2, 0.25) is 11.8 Å². The van der Waals surface area contributed by atoms with E-state index in [-0.39, 0.29) is 42.7 Å². The first-order chi connectivity index (χ1) is 17.6. The van der Waals surface area contributed by atoms with Gasteiger partial charge in [0.25, 0.3) is 5.91 Å². The summed E-state index contributed by atoms with van der Waals surface area (Å²) in [4.78, 5) is 46.8. The van der Waals surface area contributed by atoms with E-state index in [9.17, 15) is 14.4 Å². The second kappa shape index (κ2) is 12.9. The maximum atomic E-state index is 13.2. The monoisotopic (exact) mass is 532 g/mol. The van der Waals surface area contributed by atoms with Crippen molar-refractivity contribution in [3.63, 3.8) is 0 Å². The Hall–Kier alpha value is -3.14. The van der Waals surface area contributed by atoms with E-state index >= 15 is 0 Å². The number of hydrogen-bond acceptors (Lipinski definition) is 6. The summed E-state index contributed by atoms with van der Waals surface area (Å²) in [6.07, 6.45) is 1.32. The molecule has 2 aromatic rings. The zero-order chi connectivity index (χ0) is 27.1. The van der Waals surface area contributed by atoms with E-state index in [0.29, 0.717) is 54.9 Å². The number of amides is 3. The molecule has 1 N–H and O–H groups in total. The van der Waals surface area contributed by atoms with Gasteiger partial charge in [0.1, 0.15) is 23.4 Å². The molecule has 1 aliphatic heterocycles. The molecule has 0 spiro atoms. The molecule has 11 heteroatoms. The number of carbonyl (C=O) groups is 3. The zero-order valence-corrected chi connectivity index (χ0v) is 23.0. The van der Waals surface area contributed by atoms with Gasteiger partial charge in [-0.2, -0.15) is 5.10 Å². The van der Waals surface area contributed by atoms with Crippen molar-refractivity contribution in [2.75, 3.05) is 26.7 Å². The summed E-state index contributed by atoms with van der Waals surface area (Å²) in [5.41, 5.74) is 0. The van der Waals surface area contributed by atoms with Crippen LogP contribution in [0.2, 0.25) is 5.02 Å². The van der Waals surface area contributed by atoms with E-state index in [1.165, 1.54) is 4.90 Å². The number of halogens is 1. The van der Waals surface area contributed by atoms with Crippen LogP contribution < -0.4 is 10.1 Å². The van der Waals surface area contributed by atoms with Crippen LogP contribution in [0, 0.1) is 12.8 Å². The van der Waals surface area contributed by atoms with Crippen molar-refractivity contribution in [2.45, 2.75) is 65.6 Å². The number of nitrogens with zero attached hydrogens (tertiary/aromatic N) is 5. The average Bonchev–Trinajstić information content (AvgIpc) is 3.23. The van der Waals surface area contributed by atoms with Crippen LogP contribution in [0.15, 0.2) is 24.3 Å². The Bertz CT molecular complexity index is 1100. The number of hydrogen-bond donors (Lipinski definition) is 1. The molecule has 1 aromatic carbocycles. The molecular weight excluding hydrogens is 496 g/mol. The number of fused-ring (bicyclic) bond motifs is 1. The number of aromatic nitrogens is 3. The van der Waals surface area contributed by atoms with E-state index in [2.05, 4.69) is 29.2 Å². The first kappa shape index (κ1) is 28.4. The molecule has 0 unspecified atom stereocenters. The molecule has 1 aromatic heterocycles. The Balaban J connectivity index is 1.86. The maximum Gasteiger partial charge on any atom is 0.260 e. The SMILES string of the molecule is Cc1nc2n(n1)CCN(C(=O)COc1ccccc1Cl)CCCC(=O)N(C)[C@@H](C)C(=O)N[C@@H]2CC(C)C. The predicted molar refractivity (Wildman–Crippen MR) is 140 cm³/mol. The maximum absolute atomic E-state index is 13.2. The largest absolute Gasteiger partial charge is 0.482 e. The molecular formula is C26H37ClN6O4. The fourth-order valence-electron chi connectivity index (χ4n) is 4.25. The highest BCUT2D eigenvalue weighted by molar-refractivity contribution is 6.32. The average molecular weight is 533 g/mol. The molecule has 0 saturated heterocycles. The zero-order valence-electron chi connectivity index (χ0n) is 22.2. The Morgan fingerprint density at radius 2 is 1.95 bits per heavy atom. The molecule has 10 nitrogen and oxygen atoms in total.